The molecule has 20 heavy (non-hydrogen) atoms. The highest BCUT2D eigenvalue weighted by atomic mass is 16.5. The first-order valence-electron chi connectivity index (χ1n) is 7.15. The SMILES string of the molecule is COc1cccc2c(NC3CCCN(C)C3)nccc12. The number of ether oxygens (including phenoxy) is 1. The van der Waals surface area contributed by atoms with Gasteiger partial charge >= 0.3 is 0 Å². The third-order valence-corrected chi connectivity index (χ3v) is 3.95. The Morgan fingerprint density at radius 1 is 1.30 bits per heavy atom. The molecule has 0 saturated carbocycles. The van der Waals surface area contributed by atoms with Crippen LogP contribution in [-0.4, -0.2) is 43.2 Å². The van der Waals surface area contributed by atoms with E-state index in [-0.39, 0.29) is 0 Å². The van der Waals surface area contributed by atoms with E-state index >= 15 is 0 Å². The second-order valence-electron chi connectivity index (χ2n) is 5.46. The van der Waals surface area contributed by atoms with Crippen molar-refractivity contribution in [1.29, 1.82) is 0 Å². The molecular formula is C16H21N3O. The van der Waals surface area contributed by atoms with Crippen LogP contribution in [-0.2, 0) is 0 Å². The summed E-state index contributed by atoms with van der Waals surface area (Å²) in [7, 11) is 3.88. The van der Waals surface area contributed by atoms with E-state index in [1.807, 2.05) is 24.4 Å². The summed E-state index contributed by atoms with van der Waals surface area (Å²) in [5, 5.41) is 5.83. The highest BCUT2D eigenvalue weighted by Crippen LogP contribution is 2.29. The van der Waals surface area contributed by atoms with E-state index in [0.29, 0.717) is 6.04 Å². The van der Waals surface area contributed by atoms with Gasteiger partial charge in [-0.1, -0.05) is 12.1 Å². The highest BCUT2D eigenvalue weighted by Gasteiger charge is 2.18. The number of piperidine rings is 1. The van der Waals surface area contributed by atoms with Crippen LogP contribution in [0.5, 0.6) is 5.75 Å². The van der Waals surface area contributed by atoms with Crippen molar-refractivity contribution < 1.29 is 4.74 Å². The van der Waals surface area contributed by atoms with Crippen LogP contribution in [0.25, 0.3) is 10.8 Å². The third-order valence-electron chi connectivity index (χ3n) is 3.95. The van der Waals surface area contributed by atoms with Gasteiger partial charge in [-0.3, -0.25) is 0 Å². The summed E-state index contributed by atoms with van der Waals surface area (Å²) in [6.07, 6.45) is 4.29. The van der Waals surface area contributed by atoms with E-state index < -0.39 is 0 Å². The molecule has 1 unspecified atom stereocenters. The van der Waals surface area contributed by atoms with E-state index in [1.54, 1.807) is 7.11 Å². The Bertz CT molecular complexity index is 599. The van der Waals surface area contributed by atoms with Crippen molar-refractivity contribution in [2.24, 2.45) is 0 Å². The van der Waals surface area contributed by atoms with Crippen LogP contribution in [0.4, 0.5) is 5.82 Å². The largest absolute Gasteiger partial charge is 0.496 e. The van der Waals surface area contributed by atoms with Crippen molar-refractivity contribution in [3.05, 3.63) is 30.5 Å². The molecule has 0 aliphatic carbocycles. The Balaban J connectivity index is 1.91. The Kier molecular flexibility index (Phi) is 3.74. The average Bonchev–Trinajstić information content (AvgIpc) is 2.47. The molecule has 3 rings (SSSR count). The van der Waals surface area contributed by atoms with Crippen LogP contribution < -0.4 is 10.1 Å². The van der Waals surface area contributed by atoms with Gasteiger partial charge in [0.2, 0.25) is 0 Å². The lowest BCUT2D eigenvalue weighted by molar-refractivity contribution is 0.261. The zero-order valence-corrected chi connectivity index (χ0v) is 12.1. The Morgan fingerprint density at radius 3 is 3.00 bits per heavy atom. The van der Waals surface area contributed by atoms with Gasteiger partial charge in [0.25, 0.3) is 0 Å². The molecule has 0 spiro atoms. The van der Waals surface area contributed by atoms with Crippen molar-refractivity contribution in [1.82, 2.24) is 9.88 Å². The maximum atomic E-state index is 5.43. The van der Waals surface area contributed by atoms with E-state index in [2.05, 4.69) is 28.3 Å². The van der Waals surface area contributed by atoms with E-state index in [0.717, 1.165) is 28.9 Å². The number of nitrogens with zero attached hydrogens (tertiary/aromatic N) is 2. The van der Waals surface area contributed by atoms with Gasteiger partial charge in [-0.2, -0.15) is 0 Å². The molecule has 2 aromatic rings. The van der Waals surface area contributed by atoms with Crippen LogP contribution in [0, 0.1) is 0 Å². The van der Waals surface area contributed by atoms with Gasteiger partial charge in [-0.15, -0.1) is 0 Å². The fraction of sp³-hybridized carbons (Fsp3) is 0.438. The van der Waals surface area contributed by atoms with Gasteiger partial charge < -0.3 is 15.0 Å². The summed E-state index contributed by atoms with van der Waals surface area (Å²) in [5.74, 6) is 1.86. The molecule has 1 aromatic carbocycles. The number of nitrogens with one attached hydrogen (secondary N) is 1. The van der Waals surface area contributed by atoms with Crippen LogP contribution in [0.15, 0.2) is 30.5 Å². The summed E-state index contributed by atoms with van der Waals surface area (Å²) in [6, 6.07) is 8.58. The van der Waals surface area contributed by atoms with E-state index in [9.17, 15) is 0 Å². The first kappa shape index (κ1) is 13.2. The van der Waals surface area contributed by atoms with Crippen molar-refractivity contribution in [2.75, 3.05) is 32.6 Å². The molecule has 2 heterocycles. The monoisotopic (exact) mass is 271 g/mol. The van der Waals surface area contributed by atoms with Gasteiger partial charge in [-0.05, 0) is 38.6 Å². The number of aromatic nitrogens is 1. The summed E-state index contributed by atoms with van der Waals surface area (Å²) < 4.78 is 5.43. The summed E-state index contributed by atoms with van der Waals surface area (Å²) in [6.45, 7) is 2.26. The van der Waals surface area contributed by atoms with Crippen LogP contribution in [0.3, 0.4) is 0 Å². The molecule has 0 bridgehead atoms. The summed E-state index contributed by atoms with van der Waals surface area (Å²) in [4.78, 5) is 6.88. The number of hydrogen-bond donors (Lipinski definition) is 1. The minimum Gasteiger partial charge on any atom is -0.496 e. The zero-order chi connectivity index (χ0) is 13.9. The number of hydrogen-bond acceptors (Lipinski definition) is 4. The van der Waals surface area contributed by atoms with Gasteiger partial charge in [0, 0.05) is 29.6 Å². The molecule has 1 N–H and O–H groups in total. The third kappa shape index (κ3) is 2.56. The maximum Gasteiger partial charge on any atom is 0.134 e. The number of anilines is 1. The first-order valence-corrected chi connectivity index (χ1v) is 7.15. The molecule has 4 heteroatoms. The zero-order valence-electron chi connectivity index (χ0n) is 12.1. The number of methoxy groups -OCH3 is 1. The molecule has 106 valence electrons. The minimum atomic E-state index is 0.470. The quantitative estimate of drug-likeness (QED) is 0.931. The van der Waals surface area contributed by atoms with Crippen molar-refractivity contribution >= 4 is 16.6 Å². The highest BCUT2D eigenvalue weighted by molar-refractivity contribution is 5.95. The lowest BCUT2D eigenvalue weighted by atomic mass is 10.1. The van der Waals surface area contributed by atoms with Gasteiger partial charge in [0.15, 0.2) is 0 Å². The smallest absolute Gasteiger partial charge is 0.134 e. The second kappa shape index (κ2) is 5.67. The number of benzene rings is 1. The fourth-order valence-electron chi connectivity index (χ4n) is 2.95. The average molecular weight is 271 g/mol. The molecule has 1 aliphatic heterocycles. The fourth-order valence-corrected chi connectivity index (χ4v) is 2.95. The molecule has 0 amide bonds. The maximum absolute atomic E-state index is 5.43. The Labute approximate surface area is 119 Å². The molecular weight excluding hydrogens is 250 g/mol. The molecule has 0 radical (unpaired) electrons. The van der Waals surface area contributed by atoms with Crippen LogP contribution in [0.2, 0.25) is 0 Å². The molecule has 1 fully saturated rings. The van der Waals surface area contributed by atoms with Crippen molar-refractivity contribution in [3.8, 4) is 5.75 Å². The van der Waals surface area contributed by atoms with Crippen molar-refractivity contribution in [2.45, 2.75) is 18.9 Å². The molecule has 1 aromatic heterocycles. The minimum absolute atomic E-state index is 0.470. The predicted molar refractivity (Wildman–Crippen MR) is 82.4 cm³/mol. The predicted octanol–water partition coefficient (Wildman–Crippen LogP) is 2.75. The normalized spacial score (nSPS) is 20.0. The topological polar surface area (TPSA) is 37.4 Å². The number of fused-ring (bicyclic) bond motifs is 1. The number of likely N-dealkylation sites (N-methyl/N-ethyl adjacent to an activating group) is 1. The van der Waals surface area contributed by atoms with E-state index in [4.69, 9.17) is 4.74 Å². The van der Waals surface area contributed by atoms with Gasteiger partial charge in [-0.25, -0.2) is 4.98 Å². The first-order chi connectivity index (χ1) is 9.78. The van der Waals surface area contributed by atoms with Crippen LogP contribution >= 0.6 is 0 Å². The number of pyridine rings is 1. The lowest BCUT2D eigenvalue weighted by Gasteiger charge is -2.30. The van der Waals surface area contributed by atoms with Crippen LogP contribution in [0.1, 0.15) is 12.8 Å². The van der Waals surface area contributed by atoms with E-state index in [1.165, 1.54) is 19.4 Å². The summed E-state index contributed by atoms with van der Waals surface area (Å²) >= 11 is 0. The second-order valence-corrected chi connectivity index (χ2v) is 5.46. The lowest BCUT2D eigenvalue weighted by Crippen LogP contribution is -2.39. The van der Waals surface area contributed by atoms with Crippen molar-refractivity contribution in [3.63, 3.8) is 0 Å². The molecule has 1 atom stereocenters. The summed E-state index contributed by atoms with van der Waals surface area (Å²) in [5.41, 5.74) is 0. The Hall–Kier alpha value is -1.81. The molecule has 1 saturated heterocycles. The standard InChI is InChI=1S/C16H21N3O/c1-19-10-4-5-12(11-19)18-16-14-6-3-7-15(20-2)13(14)8-9-17-16/h3,6-9,12H,4-5,10-11H2,1-2H3,(H,17,18). The number of rotatable bonds is 3. The van der Waals surface area contributed by atoms with Gasteiger partial charge in [0.05, 0.1) is 7.11 Å². The van der Waals surface area contributed by atoms with Gasteiger partial charge in [0.1, 0.15) is 11.6 Å². The molecule has 1 aliphatic rings. The Morgan fingerprint density at radius 2 is 2.20 bits per heavy atom. The number of likely N-dealkylation sites (tertiary alicyclic amines) is 1. The molecule has 4 nitrogen and oxygen atoms in total.